The van der Waals surface area contributed by atoms with Gasteiger partial charge in [-0.15, -0.1) is 0 Å². The second kappa shape index (κ2) is 8.13. The van der Waals surface area contributed by atoms with Gasteiger partial charge in [-0.25, -0.2) is 0 Å². The summed E-state index contributed by atoms with van der Waals surface area (Å²) in [4.78, 5) is 23.1. The highest BCUT2D eigenvalue weighted by Gasteiger charge is 2.15. The summed E-state index contributed by atoms with van der Waals surface area (Å²) in [6.07, 6.45) is 1.62. The number of carboxylic acid groups (broad SMARTS) is 1. The quantitative estimate of drug-likeness (QED) is 0.826. The average Bonchev–Trinajstić information content (AvgIpc) is 2.58. The minimum Gasteiger partial charge on any atom is -0.481 e. The van der Waals surface area contributed by atoms with Crippen LogP contribution in [0.25, 0.3) is 0 Å². The van der Waals surface area contributed by atoms with Crippen LogP contribution < -0.4 is 5.32 Å². The first-order chi connectivity index (χ1) is 11.1. The minimum atomic E-state index is -0.914. The fraction of sp³-hybridized carbons (Fsp3) is 0.263. The molecule has 0 aromatic heterocycles. The molecule has 0 spiro atoms. The van der Waals surface area contributed by atoms with E-state index in [1.54, 1.807) is 13.0 Å². The Hall–Kier alpha value is -2.62. The molecular weight excluding hydrogens is 290 g/mol. The van der Waals surface area contributed by atoms with Crippen LogP contribution in [0.2, 0.25) is 0 Å². The summed E-state index contributed by atoms with van der Waals surface area (Å²) in [5.74, 6) is -1.74. The molecule has 0 aliphatic carbocycles. The number of nitrogens with one attached hydrogen (secondary N) is 1. The fourth-order valence-corrected chi connectivity index (χ4v) is 2.31. The van der Waals surface area contributed by atoms with Gasteiger partial charge in [0, 0.05) is 12.1 Å². The molecule has 0 bridgehead atoms. The summed E-state index contributed by atoms with van der Waals surface area (Å²) in [6, 6.07) is 17.6. The summed E-state index contributed by atoms with van der Waals surface area (Å²) < 4.78 is 0. The van der Waals surface area contributed by atoms with Gasteiger partial charge in [-0.3, -0.25) is 9.59 Å². The third kappa shape index (κ3) is 4.95. The predicted molar refractivity (Wildman–Crippen MR) is 89.4 cm³/mol. The summed E-state index contributed by atoms with van der Waals surface area (Å²) in [5, 5.41) is 11.6. The number of carboxylic acids is 1. The monoisotopic (exact) mass is 311 g/mol. The number of amides is 1. The molecule has 1 unspecified atom stereocenters. The number of hydrogen-bond donors (Lipinski definition) is 2. The zero-order valence-electron chi connectivity index (χ0n) is 13.2. The molecule has 2 rings (SSSR count). The third-order valence-corrected chi connectivity index (χ3v) is 3.78. The largest absolute Gasteiger partial charge is 0.481 e. The van der Waals surface area contributed by atoms with E-state index in [-0.39, 0.29) is 12.5 Å². The molecule has 0 heterocycles. The fourth-order valence-electron chi connectivity index (χ4n) is 2.31. The molecule has 2 aromatic carbocycles. The summed E-state index contributed by atoms with van der Waals surface area (Å²) >= 11 is 0. The van der Waals surface area contributed by atoms with E-state index in [2.05, 4.69) is 17.4 Å². The van der Waals surface area contributed by atoms with Crippen molar-refractivity contribution >= 4 is 11.9 Å². The lowest BCUT2D eigenvalue weighted by Crippen LogP contribution is -2.32. The van der Waals surface area contributed by atoms with E-state index in [0.717, 1.165) is 18.4 Å². The highest BCUT2D eigenvalue weighted by atomic mass is 16.4. The lowest BCUT2D eigenvalue weighted by Gasteiger charge is -2.12. The molecule has 4 heteroatoms. The van der Waals surface area contributed by atoms with E-state index in [0.29, 0.717) is 5.56 Å². The van der Waals surface area contributed by atoms with E-state index in [4.69, 9.17) is 5.11 Å². The molecule has 4 nitrogen and oxygen atoms in total. The molecule has 2 aromatic rings. The van der Waals surface area contributed by atoms with Crippen LogP contribution in [-0.4, -0.2) is 23.5 Å². The maximum Gasteiger partial charge on any atom is 0.308 e. The van der Waals surface area contributed by atoms with Crippen LogP contribution in [-0.2, 0) is 17.6 Å². The Labute approximate surface area is 136 Å². The van der Waals surface area contributed by atoms with Gasteiger partial charge < -0.3 is 10.4 Å². The molecule has 0 aliphatic rings. The van der Waals surface area contributed by atoms with E-state index in [9.17, 15) is 9.59 Å². The Morgan fingerprint density at radius 2 is 1.65 bits per heavy atom. The number of carbonyl (C=O) groups is 2. The Morgan fingerprint density at radius 1 is 1.00 bits per heavy atom. The molecular formula is C19H21NO3. The number of aryl methyl sites for hydroxylation is 2. The van der Waals surface area contributed by atoms with Crippen LogP contribution in [0.1, 0.15) is 28.4 Å². The Morgan fingerprint density at radius 3 is 2.35 bits per heavy atom. The van der Waals surface area contributed by atoms with Crippen LogP contribution >= 0.6 is 0 Å². The van der Waals surface area contributed by atoms with Crippen molar-refractivity contribution in [3.05, 3.63) is 71.3 Å². The maximum atomic E-state index is 12.3. The third-order valence-electron chi connectivity index (χ3n) is 3.78. The zero-order chi connectivity index (χ0) is 16.7. The SMILES string of the molecule is CC(CNC(=O)c1ccccc1CCc1ccccc1)C(=O)O. The van der Waals surface area contributed by atoms with E-state index in [1.807, 2.05) is 36.4 Å². The van der Waals surface area contributed by atoms with Gasteiger partial charge in [0.15, 0.2) is 0 Å². The summed E-state index contributed by atoms with van der Waals surface area (Å²) in [7, 11) is 0. The maximum absolute atomic E-state index is 12.3. The van der Waals surface area contributed by atoms with E-state index < -0.39 is 11.9 Å². The molecule has 0 saturated heterocycles. The van der Waals surface area contributed by atoms with Crippen molar-refractivity contribution in [2.75, 3.05) is 6.54 Å². The Kier molecular flexibility index (Phi) is 5.92. The first-order valence-corrected chi connectivity index (χ1v) is 7.70. The van der Waals surface area contributed by atoms with Crippen molar-refractivity contribution in [1.82, 2.24) is 5.32 Å². The van der Waals surface area contributed by atoms with Gasteiger partial charge in [-0.1, -0.05) is 55.5 Å². The average molecular weight is 311 g/mol. The summed E-state index contributed by atoms with van der Waals surface area (Å²) in [6.45, 7) is 1.70. The molecule has 0 aliphatic heterocycles. The molecule has 0 radical (unpaired) electrons. The van der Waals surface area contributed by atoms with Crippen LogP contribution in [0.4, 0.5) is 0 Å². The van der Waals surface area contributed by atoms with Crippen molar-refractivity contribution in [2.24, 2.45) is 5.92 Å². The highest BCUT2D eigenvalue weighted by Crippen LogP contribution is 2.13. The molecule has 120 valence electrons. The first-order valence-electron chi connectivity index (χ1n) is 7.70. The predicted octanol–water partition coefficient (Wildman–Crippen LogP) is 2.92. The Bertz CT molecular complexity index is 667. The molecule has 0 fully saturated rings. The lowest BCUT2D eigenvalue weighted by molar-refractivity contribution is -0.140. The van der Waals surface area contributed by atoms with Crippen molar-refractivity contribution in [1.29, 1.82) is 0 Å². The van der Waals surface area contributed by atoms with Crippen LogP contribution in [0, 0.1) is 5.92 Å². The van der Waals surface area contributed by atoms with Gasteiger partial charge in [0.25, 0.3) is 5.91 Å². The van der Waals surface area contributed by atoms with E-state index >= 15 is 0 Å². The topological polar surface area (TPSA) is 66.4 Å². The van der Waals surface area contributed by atoms with Gasteiger partial charge in [0.05, 0.1) is 5.92 Å². The van der Waals surface area contributed by atoms with Gasteiger partial charge in [-0.05, 0) is 30.0 Å². The minimum absolute atomic E-state index is 0.126. The van der Waals surface area contributed by atoms with Gasteiger partial charge >= 0.3 is 5.97 Å². The lowest BCUT2D eigenvalue weighted by atomic mass is 9.99. The smallest absolute Gasteiger partial charge is 0.308 e. The standard InChI is InChI=1S/C19H21NO3/c1-14(19(22)23)13-20-18(21)17-10-6-5-9-16(17)12-11-15-7-3-2-4-8-15/h2-10,14H,11-13H2,1H3,(H,20,21)(H,22,23). The number of hydrogen-bond acceptors (Lipinski definition) is 2. The second-order valence-corrected chi connectivity index (χ2v) is 5.59. The molecule has 1 amide bonds. The van der Waals surface area contributed by atoms with Crippen molar-refractivity contribution in [2.45, 2.75) is 19.8 Å². The number of rotatable bonds is 7. The van der Waals surface area contributed by atoms with E-state index in [1.165, 1.54) is 5.56 Å². The normalized spacial score (nSPS) is 11.7. The second-order valence-electron chi connectivity index (χ2n) is 5.59. The summed E-state index contributed by atoms with van der Waals surface area (Å²) in [5.41, 5.74) is 2.81. The van der Waals surface area contributed by atoms with Crippen molar-refractivity contribution in [3.63, 3.8) is 0 Å². The molecule has 1 atom stereocenters. The molecule has 0 saturated carbocycles. The molecule has 23 heavy (non-hydrogen) atoms. The van der Waals surface area contributed by atoms with Gasteiger partial charge in [0.1, 0.15) is 0 Å². The number of carbonyl (C=O) groups excluding carboxylic acids is 1. The van der Waals surface area contributed by atoms with Crippen LogP contribution in [0.3, 0.4) is 0 Å². The van der Waals surface area contributed by atoms with Crippen LogP contribution in [0.15, 0.2) is 54.6 Å². The highest BCUT2D eigenvalue weighted by molar-refractivity contribution is 5.95. The number of benzene rings is 2. The molecule has 2 N–H and O–H groups in total. The van der Waals surface area contributed by atoms with Gasteiger partial charge in [-0.2, -0.15) is 0 Å². The Balaban J connectivity index is 2.02. The van der Waals surface area contributed by atoms with Gasteiger partial charge in [0.2, 0.25) is 0 Å². The first kappa shape index (κ1) is 16.7. The van der Waals surface area contributed by atoms with Crippen molar-refractivity contribution in [3.8, 4) is 0 Å². The number of aliphatic carboxylic acids is 1. The zero-order valence-corrected chi connectivity index (χ0v) is 13.2. The van der Waals surface area contributed by atoms with Crippen LogP contribution in [0.5, 0.6) is 0 Å². The van der Waals surface area contributed by atoms with Crippen molar-refractivity contribution < 1.29 is 14.7 Å².